The molecule has 0 unspecified atom stereocenters. The molecule has 0 aliphatic carbocycles. The van der Waals surface area contributed by atoms with Crippen molar-refractivity contribution < 1.29 is 9.18 Å². The molecule has 128 valence electrons. The molecule has 0 bridgehead atoms. The lowest BCUT2D eigenvalue weighted by molar-refractivity contribution is 0.0949. The van der Waals surface area contributed by atoms with E-state index in [-0.39, 0.29) is 36.5 Å². The molecule has 1 heterocycles. The van der Waals surface area contributed by atoms with Crippen molar-refractivity contribution >= 4 is 42.1 Å². The van der Waals surface area contributed by atoms with E-state index in [1.54, 1.807) is 17.5 Å². The predicted molar refractivity (Wildman–Crippen MR) is 96.7 cm³/mol. The van der Waals surface area contributed by atoms with Gasteiger partial charge in [0.25, 0.3) is 5.91 Å². The van der Waals surface area contributed by atoms with E-state index in [2.05, 4.69) is 15.6 Å². The van der Waals surface area contributed by atoms with Gasteiger partial charge in [-0.3, -0.25) is 4.79 Å². The van der Waals surface area contributed by atoms with Crippen molar-refractivity contribution in [3.8, 4) is 0 Å². The van der Waals surface area contributed by atoms with Crippen molar-refractivity contribution in [1.82, 2.24) is 15.6 Å². The minimum absolute atomic E-state index is 0. The zero-order valence-electron chi connectivity index (χ0n) is 12.7. The molecule has 0 aliphatic heterocycles. The lowest BCUT2D eigenvalue weighted by Gasteiger charge is -2.03. The zero-order chi connectivity index (χ0) is 15.1. The summed E-state index contributed by atoms with van der Waals surface area (Å²) in [4.78, 5) is 16.2. The molecule has 2 rings (SSSR count). The molecular formula is C15H20Cl2FN3OS. The Labute approximate surface area is 151 Å². The van der Waals surface area contributed by atoms with E-state index in [0.29, 0.717) is 18.7 Å². The molecule has 0 saturated carbocycles. The fourth-order valence-corrected chi connectivity index (χ4v) is 2.61. The molecule has 2 aromatic rings. The Morgan fingerprint density at radius 2 is 1.91 bits per heavy atom. The number of benzene rings is 1. The lowest BCUT2D eigenvalue weighted by Crippen LogP contribution is -2.31. The number of carbonyl (C=O) groups excluding carboxylic acids is 1. The number of amides is 1. The molecule has 0 atom stereocenters. The molecule has 2 N–H and O–H groups in total. The van der Waals surface area contributed by atoms with Crippen LogP contribution in [0.2, 0.25) is 0 Å². The van der Waals surface area contributed by atoms with Crippen LogP contribution in [0.4, 0.5) is 4.39 Å². The summed E-state index contributed by atoms with van der Waals surface area (Å²) in [5.74, 6) is -0.409. The molecule has 4 nitrogen and oxygen atoms in total. The highest BCUT2D eigenvalue weighted by Crippen LogP contribution is 2.15. The topological polar surface area (TPSA) is 54.0 Å². The third-order valence-electron chi connectivity index (χ3n) is 2.89. The van der Waals surface area contributed by atoms with Gasteiger partial charge in [-0.2, -0.15) is 0 Å². The molecule has 1 amide bonds. The number of thiazole rings is 1. The highest BCUT2D eigenvalue weighted by Gasteiger charge is 2.10. The Morgan fingerprint density at radius 3 is 2.57 bits per heavy atom. The third kappa shape index (κ3) is 7.26. The van der Waals surface area contributed by atoms with Crippen LogP contribution in [0.25, 0.3) is 0 Å². The van der Waals surface area contributed by atoms with E-state index in [1.165, 1.54) is 23.5 Å². The van der Waals surface area contributed by atoms with Crippen molar-refractivity contribution in [2.24, 2.45) is 0 Å². The van der Waals surface area contributed by atoms with Gasteiger partial charge in [-0.1, -0.05) is 19.1 Å². The molecule has 0 radical (unpaired) electrons. The van der Waals surface area contributed by atoms with Crippen LogP contribution in [-0.2, 0) is 6.42 Å². The van der Waals surface area contributed by atoms with Crippen LogP contribution < -0.4 is 10.6 Å². The lowest BCUT2D eigenvalue weighted by atomic mass is 10.1. The molecule has 1 aromatic heterocycles. The van der Waals surface area contributed by atoms with Gasteiger partial charge in [0.05, 0.1) is 5.01 Å². The van der Waals surface area contributed by atoms with E-state index in [1.807, 2.05) is 6.92 Å². The van der Waals surface area contributed by atoms with Gasteiger partial charge in [0.1, 0.15) is 11.5 Å². The minimum atomic E-state index is -0.251. The largest absolute Gasteiger partial charge is 0.349 e. The maximum Gasteiger partial charge on any atom is 0.270 e. The SMILES string of the molecule is CCNCCNC(=O)c1csc(Cc2ccc(F)cc2)n1.Cl.Cl. The third-order valence-corrected chi connectivity index (χ3v) is 3.74. The Hall–Kier alpha value is -1.21. The number of likely N-dealkylation sites (N-methyl/N-ethyl adjacent to an activating group) is 1. The zero-order valence-corrected chi connectivity index (χ0v) is 15.1. The second kappa shape index (κ2) is 11.3. The van der Waals surface area contributed by atoms with Crippen molar-refractivity contribution in [1.29, 1.82) is 0 Å². The normalized spacial score (nSPS) is 9.65. The first kappa shape index (κ1) is 21.8. The van der Waals surface area contributed by atoms with Gasteiger partial charge in [-0.25, -0.2) is 9.37 Å². The Bertz CT molecular complexity index is 593. The number of hydrogen-bond acceptors (Lipinski definition) is 4. The smallest absolute Gasteiger partial charge is 0.270 e. The van der Waals surface area contributed by atoms with E-state index in [4.69, 9.17) is 0 Å². The first-order valence-electron chi connectivity index (χ1n) is 6.87. The quantitative estimate of drug-likeness (QED) is 0.726. The Balaban J connectivity index is 0.00000242. The van der Waals surface area contributed by atoms with Crippen molar-refractivity contribution in [2.45, 2.75) is 13.3 Å². The monoisotopic (exact) mass is 379 g/mol. The van der Waals surface area contributed by atoms with Gasteiger partial charge in [0.15, 0.2) is 0 Å². The fraction of sp³-hybridized carbons (Fsp3) is 0.333. The molecule has 0 aliphatic rings. The summed E-state index contributed by atoms with van der Waals surface area (Å²) in [6.45, 7) is 4.23. The highest BCUT2D eigenvalue weighted by molar-refractivity contribution is 7.09. The summed E-state index contributed by atoms with van der Waals surface area (Å²) in [7, 11) is 0. The van der Waals surface area contributed by atoms with Crippen LogP contribution >= 0.6 is 36.2 Å². The van der Waals surface area contributed by atoms with E-state index >= 15 is 0 Å². The van der Waals surface area contributed by atoms with Crippen LogP contribution in [0.5, 0.6) is 0 Å². The van der Waals surface area contributed by atoms with Gasteiger partial charge in [-0.15, -0.1) is 36.2 Å². The van der Waals surface area contributed by atoms with E-state index < -0.39 is 0 Å². The molecule has 0 saturated heterocycles. The molecule has 8 heteroatoms. The average molecular weight is 380 g/mol. The summed E-state index contributed by atoms with van der Waals surface area (Å²) in [5.41, 5.74) is 1.42. The van der Waals surface area contributed by atoms with Crippen LogP contribution in [0, 0.1) is 5.82 Å². The van der Waals surface area contributed by atoms with Gasteiger partial charge < -0.3 is 10.6 Å². The molecule has 0 spiro atoms. The summed E-state index contributed by atoms with van der Waals surface area (Å²) < 4.78 is 12.8. The molecular weight excluding hydrogens is 360 g/mol. The van der Waals surface area contributed by atoms with Gasteiger partial charge in [0.2, 0.25) is 0 Å². The number of carbonyl (C=O) groups is 1. The average Bonchev–Trinajstić information content (AvgIpc) is 2.94. The van der Waals surface area contributed by atoms with Crippen LogP contribution in [0.3, 0.4) is 0 Å². The number of hydrogen-bond donors (Lipinski definition) is 2. The molecule has 1 aromatic carbocycles. The minimum Gasteiger partial charge on any atom is -0.349 e. The Morgan fingerprint density at radius 1 is 1.22 bits per heavy atom. The second-order valence-electron chi connectivity index (χ2n) is 4.54. The number of aromatic nitrogens is 1. The van der Waals surface area contributed by atoms with Gasteiger partial charge in [0, 0.05) is 24.9 Å². The summed E-state index contributed by atoms with van der Waals surface area (Å²) in [6, 6.07) is 6.31. The van der Waals surface area contributed by atoms with Crippen molar-refractivity contribution in [3.05, 3.63) is 51.7 Å². The first-order valence-corrected chi connectivity index (χ1v) is 7.74. The predicted octanol–water partition coefficient (Wildman–Crippen LogP) is 3.06. The van der Waals surface area contributed by atoms with Crippen LogP contribution in [-0.4, -0.2) is 30.5 Å². The maximum absolute atomic E-state index is 12.8. The fourth-order valence-electron chi connectivity index (χ4n) is 1.81. The standard InChI is InChI=1S/C15H18FN3OS.2ClH/c1-2-17-7-8-18-15(20)13-10-21-14(19-13)9-11-3-5-12(16)6-4-11;;/h3-6,10,17H,2,7-9H2,1H3,(H,18,20);2*1H. The maximum atomic E-state index is 12.8. The summed E-state index contributed by atoms with van der Waals surface area (Å²) in [6.07, 6.45) is 0.607. The second-order valence-corrected chi connectivity index (χ2v) is 5.48. The Kier molecular flexibility index (Phi) is 10.7. The van der Waals surface area contributed by atoms with Crippen molar-refractivity contribution in [2.75, 3.05) is 19.6 Å². The van der Waals surface area contributed by atoms with Crippen LogP contribution in [0.1, 0.15) is 28.0 Å². The number of rotatable bonds is 7. The number of nitrogens with one attached hydrogen (secondary N) is 2. The molecule has 23 heavy (non-hydrogen) atoms. The van der Waals surface area contributed by atoms with Crippen molar-refractivity contribution in [3.63, 3.8) is 0 Å². The molecule has 0 fully saturated rings. The summed E-state index contributed by atoms with van der Waals surface area (Å²) >= 11 is 1.44. The summed E-state index contributed by atoms with van der Waals surface area (Å²) in [5, 5.41) is 8.54. The van der Waals surface area contributed by atoms with Gasteiger partial charge in [-0.05, 0) is 24.2 Å². The van der Waals surface area contributed by atoms with Gasteiger partial charge >= 0.3 is 0 Å². The van der Waals surface area contributed by atoms with Crippen LogP contribution in [0.15, 0.2) is 29.6 Å². The number of halogens is 3. The van der Waals surface area contributed by atoms with E-state index in [9.17, 15) is 9.18 Å². The first-order chi connectivity index (χ1) is 10.2. The van der Waals surface area contributed by atoms with E-state index in [0.717, 1.165) is 23.7 Å². The number of nitrogens with zero attached hydrogens (tertiary/aromatic N) is 1. The highest BCUT2D eigenvalue weighted by atomic mass is 35.5.